The van der Waals surface area contributed by atoms with E-state index in [-0.39, 0.29) is 30.2 Å². The Labute approximate surface area is 231 Å². The molecular weight excluding hydrogens is 488 g/mol. The van der Waals surface area contributed by atoms with E-state index in [2.05, 4.69) is 65.1 Å². The molecule has 7 nitrogen and oxygen atoms in total. The molecule has 0 spiro atoms. The summed E-state index contributed by atoms with van der Waals surface area (Å²) >= 11 is 0. The summed E-state index contributed by atoms with van der Waals surface area (Å²) in [5, 5.41) is 10.1. The number of hydrogen-bond donors (Lipinski definition) is 4. The number of carbonyl (C=O) groups excluding carboxylic acids is 1. The van der Waals surface area contributed by atoms with Crippen molar-refractivity contribution in [3.63, 3.8) is 0 Å². The minimum atomic E-state index is -0.195. The van der Waals surface area contributed by atoms with Crippen LogP contribution in [0.4, 0.5) is 5.69 Å². The predicted octanol–water partition coefficient (Wildman–Crippen LogP) is 5.38. The van der Waals surface area contributed by atoms with Gasteiger partial charge in [-0.15, -0.1) is 0 Å². The third-order valence-corrected chi connectivity index (χ3v) is 7.62. The Kier molecular flexibility index (Phi) is 9.59. The molecule has 0 bridgehead atoms. The minimum absolute atomic E-state index is 0.164. The molecule has 2 atom stereocenters. The molecule has 4 N–H and O–H groups in total. The quantitative estimate of drug-likeness (QED) is 0.282. The van der Waals surface area contributed by atoms with Crippen LogP contribution in [0.2, 0.25) is 0 Å². The van der Waals surface area contributed by atoms with Crippen LogP contribution in [0, 0.1) is 20.8 Å². The van der Waals surface area contributed by atoms with Gasteiger partial charge in [0.2, 0.25) is 0 Å². The molecule has 208 valence electrons. The molecule has 0 aliphatic carbocycles. The molecule has 1 fully saturated rings. The van der Waals surface area contributed by atoms with Crippen LogP contribution in [0.5, 0.6) is 0 Å². The topological polar surface area (TPSA) is 95.2 Å². The van der Waals surface area contributed by atoms with Crippen molar-refractivity contribution in [1.29, 1.82) is 0 Å². The van der Waals surface area contributed by atoms with Crippen LogP contribution in [-0.4, -0.2) is 36.2 Å². The van der Waals surface area contributed by atoms with Crippen molar-refractivity contribution in [2.75, 3.05) is 18.5 Å². The van der Waals surface area contributed by atoms with Gasteiger partial charge in [-0.3, -0.25) is 9.59 Å². The fourth-order valence-electron chi connectivity index (χ4n) is 5.23. The van der Waals surface area contributed by atoms with E-state index in [0.717, 1.165) is 72.6 Å². The van der Waals surface area contributed by atoms with E-state index in [1.807, 2.05) is 32.9 Å². The van der Waals surface area contributed by atoms with E-state index < -0.39 is 0 Å². The van der Waals surface area contributed by atoms with Crippen LogP contribution in [-0.2, 0) is 17.8 Å². The largest absolute Gasteiger partial charge is 0.382 e. The van der Waals surface area contributed by atoms with Gasteiger partial charge in [-0.05, 0) is 92.6 Å². The molecule has 2 unspecified atom stereocenters. The summed E-state index contributed by atoms with van der Waals surface area (Å²) in [5.41, 5.74) is 7.79. The van der Waals surface area contributed by atoms with Crippen molar-refractivity contribution in [2.24, 2.45) is 0 Å². The average Bonchev–Trinajstić information content (AvgIpc) is 2.92. The number of benzene rings is 2. The number of carbonyl (C=O) groups is 1. The number of aryl methyl sites for hydroxylation is 2. The Morgan fingerprint density at radius 1 is 1.03 bits per heavy atom. The van der Waals surface area contributed by atoms with Crippen LogP contribution in [0.15, 0.2) is 47.3 Å². The second kappa shape index (κ2) is 13.1. The maximum absolute atomic E-state index is 13.5. The summed E-state index contributed by atoms with van der Waals surface area (Å²) in [6, 6.07) is 14.8. The van der Waals surface area contributed by atoms with Crippen LogP contribution in [0.25, 0.3) is 11.1 Å². The van der Waals surface area contributed by atoms with Crippen molar-refractivity contribution < 1.29 is 9.53 Å². The van der Waals surface area contributed by atoms with Crippen LogP contribution < -0.4 is 21.5 Å². The SMILES string of the molecule is CCNCc1ccc(-c2cc(NC3CCOC(CC)C3)c(C)c(C(=O)NCc3c(C)cc(C)[nH]c3=O)c2)cc1. The number of rotatable bonds is 10. The lowest BCUT2D eigenvalue weighted by Gasteiger charge is -2.31. The Balaban J connectivity index is 1.64. The van der Waals surface area contributed by atoms with Crippen molar-refractivity contribution in [3.05, 3.63) is 86.3 Å². The van der Waals surface area contributed by atoms with Gasteiger partial charge in [0, 0.05) is 48.2 Å². The van der Waals surface area contributed by atoms with Gasteiger partial charge in [-0.1, -0.05) is 38.1 Å². The van der Waals surface area contributed by atoms with Gasteiger partial charge < -0.3 is 25.7 Å². The van der Waals surface area contributed by atoms with Gasteiger partial charge in [-0.25, -0.2) is 0 Å². The molecule has 0 saturated carbocycles. The first-order chi connectivity index (χ1) is 18.8. The molecule has 2 aromatic carbocycles. The first-order valence-corrected chi connectivity index (χ1v) is 14.1. The first-order valence-electron chi connectivity index (χ1n) is 14.1. The van der Waals surface area contributed by atoms with Gasteiger partial charge in [0.25, 0.3) is 11.5 Å². The standard InChI is InChI=1S/C32H42N4O3/c1-6-27-17-26(12-13-39-27)36-30-16-25(24-10-8-23(9-11-24)18-33-7-2)15-28(22(30)5)31(37)34-19-29-20(3)14-21(4)35-32(29)38/h8-11,14-16,26-27,33,36H,6-7,12-13,17-19H2,1-5H3,(H,34,37)(H,35,38). The number of aromatic nitrogens is 1. The van der Waals surface area contributed by atoms with Gasteiger partial charge in [0.15, 0.2) is 0 Å². The Hall–Kier alpha value is -3.42. The fourth-order valence-corrected chi connectivity index (χ4v) is 5.23. The number of aromatic amines is 1. The molecule has 1 aliphatic heterocycles. The number of pyridine rings is 1. The highest BCUT2D eigenvalue weighted by Crippen LogP contribution is 2.31. The van der Waals surface area contributed by atoms with Gasteiger partial charge >= 0.3 is 0 Å². The summed E-state index contributed by atoms with van der Waals surface area (Å²) < 4.78 is 5.88. The maximum atomic E-state index is 13.5. The van der Waals surface area contributed by atoms with Crippen LogP contribution in [0.1, 0.15) is 71.4 Å². The highest BCUT2D eigenvalue weighted by molar-refractivity contribution is 5.98. The highest BCUT2D eigenvalue weighted by atomic mass is 16.5. The number of anilines is 1. The van der Waals surface area contributed by atoms with Gasteiger partial charge in [0.05, 0.1) is 6.10 Å². The van der Waals surface area contributed by atoms with Gasteiger partial charge in [0.1, 0.15) is 0 Å². The third-order valence-electron chi connectivity index (χ3n) is 7.62. The molecule has 1 saturated heterocycles. The van der Waals surface area contributed by atoms with E-state index in [1.54, 1.807) is 0 Å². The summed E-state index contributed by atoms with van der Waals surface area (Å²) in [6.45, 7) is 12.6. The molecule has 1 aliphatic rings. The molecule has 4 rings (SSSR count). The molecule has 3 aromatic rings. The Bertz CT molecular complexity index is 1350. The van der Waals surface area contributed by atoms with Crippen LogP contribution >= 0.6 is 0 Å². The molecule has 7 heteroatoms. The zero-order valence-electron chi connectivity index (χ0n) is 23.9. The van der Waals surface area contributed by atoms with Crippen LogP contribution in [0.3, 0.4) is 0 Å². The third kappa shape index (κ3) is 7.16. The fraction of sp³-hybridized carbons (Fsp3) is 0.438. The van der Waals surface area contributed by atoms with E-state index >= 15 is 0 Å². The highest BCUT2D eigenvalue weighted by Gasteiger charge is 2.23. The molecule has 1 aromatic heterocycles. The Morgan fingerprint density at radius 2 is 1.79 bits per heavy atom. The molecule has 1 amide bonds. The lowest BCUT2D eigenvalue weighted by atomic mass is 9.95. The summed E-state index contributed by atoms with van der Waals surface area (Å²) in [7, 11) is 0. The summed E-state index contributed by atoms with van der Waals surface area (Å²) in [4.78, 5) is 28.9. The zero-order chi connectivity index (χ0) is 27.9. The van der Waals surface area contributed by atoms with E-state index in [0.29, 0.717) is 11.1 Å². The molecule has 2 heterocycles. The molecule has 0 radical (unpaired) electrons. The summed E-state index contributed by atoms with van der Waals surface area (Å²) in [5.74, 6) is -0.195. The molecule has 39 heavy (non-hydrogen) atoms. The lowest BCUT2D eigenvalue weighted by molar-refractivity contribution is 0.00924. The van der Waals surface area contributed by atoms with Crippen molar-refractivity contribution >= 4 is 11.6 Å². The number of hydrogen-bond acceptors (Lipinski definition) is 5. The smallest absolute Gasteiger partial charge is 0.253 e. The van der Waals surface area contributed by atoms with E-state index in [4.69, 9.17) is 4.74 Å². The lowest BCUT2D eigenvalue weighted by Crippen LogP contribution is -2.34. The number of nitrogens with one attached hydrogen (secondary N) is 4. The van der Waals surface area contributed by atoms with Crippen molar-refractivity contribution in [2.45, 2.75) is 79.1 Å². The monoisotopic (exact) mass is 530 g/mol. The zero-order valence-corrected chi connectivity index (χ0v) is 23.9. The number of H-pyrrole nitrogens is 1. The number of amides is 1. The van der Waals surface area contributed by atoms with Crippen molar-refractivity contribution in [3.8, 4) is 11.1 Å². The van der Waals surface area contributed by atoms with Crippen molar-refractivity contribution in [1.82, 2.24) is 15.6 Å². The van der Waals surface area contributed by atoms with E-state index in [9.17, 15) is 9.59 Å². The second-order valence-corrected chi connectivity index (χ2v) is 10.6. The minimum Gasteiger partial charge on any atom is -0.382 e. The summed E-state index contributed by atoms with van der Waals surface area (Å²) in [6.07, 6.45) is 3.11. The van der Waals surface area contributed by atoms with E-state index in [1.165, 1.54) is 5.56 Å². The number of ether oxygens (including phenoxy) is 1. The maximum Gasteiger partial charge on any atom is 0.253 e. The first kappa shape index (κ1) is 28.6. The predicted molar refractivity (Wildman–Crippen MR) is 158 cm³/mol. The van der Waals surface area contributed by atoms with Gasteiger partial charge in [-0.2, -0.15) is 0 Å². The normalized spacial score (nSPS) is 17.2. The molecular formula is C32H42N4O3. The average molecular weight is 531 g/mol. The second-order valence-electron chi connectivity index (χ2n) is 10.6. The Morgan fingerprint density at radius 3 is 2.49 bits per heavy atom.